The number of anilines is 3. The lowest BCUT2D eigenvalue weighted by atomic mass is 10.3. The minimum atomic E-state index is 0.450. The van der Waals surface area contributed by atoms with Gasteiger partial charge < -0.3 is 11.1 Å². The molecule has 3 aromatic rings. The second-order valence-electron chi connectivity index (χ2n) is 3.94. The first-order chi connectivity index (χ1) is 9.31. The van der Waals surface area contributed by atoms with Crippen molar-refractivity contribution >= 4 is 17.5 Å². The number of pyridine rings is 1. The monoisotopic (exact) mass is 252 g/mol. The summed E-state index contributed by atoms with van der Waals surface area (Å²) in [5.74, 6) is 0.979. The van der Waals surface area contributed by atoms with E-state index < -0.39 is 0 Å². The highest BCUT2D eigenvalue weighted by atomic mass is 15.4. The van der Waals surface area contributed by atoms with Gasteiger partial charge in [0.1, 0.15) is 12.1 Å². The molecule has 2 heterocycles. The minimum absolute atomic E-state index is 0.450. The summed E-state index contributed by atoms with van der Waals surface area (Å²) in [5, 5.41) is 7.45. The predicted octanol–water partition coefficient (Wildman–Crippen LogP) is 1.99. The van der Waals surface area contributed by atoms with Gasteiger partial charge in [0.05, 0.1) is 5.69 Å². The van der Waals surface area contributed by atoms with Gasteiger partial charge in [-0.2, -0.15) is 4.98 Å². The first kappa shape index (κ1) is 11.2. The van der Waals surface area contributed by atoms with Crippen LogP contribution in [0.2, 0.25) is 0 Å². The van der Waals surface area contributed by atoms with E-state index in [0.717, 1.165) is 11.4 Å². The fourth-order valence-electron chi connectivity index (χ4n) is 1.67. The summed E-state index contributed by atoms with van der Waals surface area (Å²) in [4.78, 5) is 8.14. The maximum absolute atomic E-state index is 5.64. The van der Waals surface area contributed by atoms with Gasteiger partial charge in [-0.25, -0.2) is 9.67 Å². The highest BCUT2D eigenvalue weighted by Crippen LogP contribution is 2.13. The smallest absolute Gasteiger partial charge is 0.246 e. The van der Waals surface area contributed by atoms with Crippen LogP contribution in [0.25, 0.3) is 5.69 Å². The van der Waals surface area contributed by atoms with Crippen molar-refractivity contribution in [2.24, 2.45) is 0 Å². The molecule has 0 aliphatic carbocycles. The van der Waals surface area contributed by atoms with Crippen LogP contribution < -0.4 is 11.1 Å². The van der Waals surface area contributed by atoms with Gasteiger partial charge in [-0.3, -0.25) is 0 Å². The quantitative estimate of drug-likeness (QED) is 0.745. The van der Waals surface area contributed by atoms with Crippen LogP contribution >= 0.6 is 0 Å². The maximum atomic E-state index is 5.64. The van der Waals surface area contributed by atoms with Crippen LogP contribution in [-0.2, 0) is 0 Å². The molecule has 94 valence electrons. The molecule has 6 nitrogen and oxygen atoms in total. The van der Waals surface area contributed by atoms with E-state index in [1.807, 2.05) is 36.4 Å². The molecular weight excluding hydrogens is 240 g/mol. The van der Waals surface area contributed by atoms with Gasteiger partial charge in [0.2, 0.25) is 5.95 Å². The standard InChI is InChI=1S/C13H12N6/c14-12-8-11(6-7-15-12)19-9-16-13(18-19)17-10-4-2-1-3-5-10/h1-9H,(H2,14,15)(H,17,18). The number of nitrogen functional groups attached to an aromatic ring is 1. The van der Waals surface area contributed by atoms with Crippen LogP contribution in [0.5, 0.6) is 0 Å². The molecule has 0 spiro atoms. The second-order valence-corrected chi connectivity index (χ2v) is 3.94. The highest BCUT2D eigenvalue weighted by molar-refractivity contribution is 5.52. The summed E-state index contributed by atoms with van der Waals surface area (Å²) < 4.78 is 1.64. The fourth-order valence-corrected chi connectivity index (χ4v) is 1.67. The molecule has 0 saturated carbocycles. The summed E-state index contributed by atoms with van der Waals surface area (Å²) in [6.45, 7) is 0. The number of aromatic nitrogens is 4. The highest BCUT2D eigenvalue weighted by Gasteiger charge is 2.03. The molecule has 19 heavy (non-hydrogen) atoms. The summed E-state index contributed by atoms with van der Waals surface area (Å²) in [6.07, 6.45) is 3.26. The third-order valence-electron chi connectivity index (χ3n) is 2.55. The molecule has 6 heteroatoms. The largest absolute Gasteiger partial charge is 0.384 e. The lowest BCUT2D eigenvalue weighted by Crippen LogP contribution is -1.99. The molecule has 0 radical (unpaired) electrons. The number of hydrogen-bond donors (Lipinski definition) is 2. The molecule has 3 N–H and O–H groups in total. The van der Waals surface area contributed by atoms with Crippen molar-refractivity contribution in [3.05, 3.63) is 55.0 Å². The molecule has 0 aliphatic heterocycles. The Morgan fingerprint density at radius 2 is 1.89 bits per heavy atom. The normalized spacial score (nSPS) is 10.3. The van der Waals surface area contributed by atoms with Gasteiger partial charge >= 0.3 is 0 Å². The maximum Gasteiger partial charge on any atom is 0.246 e. The van der Waals surface area contributed by atoms with Crippen molar-refractivity contribution in [3.63, 3.8) is 0 Å². The first-order valence-corrected chi connectivity index (χ1v) is 5.77. The van der Waals surface area contributed by atoms with Crippen molar-refractivity contribution in [3.8, 4) is 5.69 Å². The lowest BCUT2D eigenvalue weighted by molar-refractivity contribution is 0.880. The number of hydrogen-bond acceptors (Lipinski definition) is 5. The lowest BCUT2D eigenvalue weighted by Gasteiger charge is -2.01. The van der Waals surface area contributed by atoms with Crippen LogP contribution in [0.15, 0.2) is 55.0 Å². The zero-order valence-corrected chi connectivity index (χ0v) is 10.1. The average molecular weight is 252 g/mol. The van der Waals surface area contributed by atoms with Gasteiger partial charge in [-0.15, -0.1) is 5.10 Å². The summed E-state index contributed by atoms with van der Waals surface area (Å²) in [6, 6.07) is 13.3. The first-order valence-electron chi connectivity index (χ1n) is 5.77. The van der Waals surface area contributed by atoms with Gasteiger partial charge in [0.15, 0.2) is 0 Å². The molecule has 0 saturated heterocycles. The van der Waals surface area contributed by atoms with Crippen molar-refractivity contribution < 1.29 is 0 Å². The Labute approximate surface area is 109 Å². The molecule has 2 aromatic heterocycles. The molecule has 3 rings (SSSR count). The molecular formula is C13H12N6. The third-order valence-corrected chi connectivity index (χ3v) is 2.55. The SMILES string of the molecule is Nc1cc(-n2cnc(Nc3ccccc3)n2)ccn1. The number of rotatable bonds is 3. The van der Waals surface area contributed by atoms with E-state index in [4.69, 9.17) is 5.73 Å². The number of nitrogens with zero attached hydrogens (tertiary/aromatic N) is 4. The summed E-state index contributed by atoms with van der Waals surface area (Å²) >= 11 is 0. The fraction of sp³-hybridized carbons (Fsp3) is 0. The van der Waals surface area contributed by atoms with Crippen molar-refractivity contribution in [1.82, 2.24) is 19.7 Å². The summed E-state index contributed by atoms with van der Waals surface area (Å²) in [7, 11) is 0. The Hall–Kier alpha value is -2.89. The van der Waals surface area contributed by atoms with Gasteiger partial charge in [0.25, 0.3) is 0 Å². The summed E-state index contributed by atoms with van der Waals surface area (Å²) in [5.41, 5.74) is 7.40. The molecule has 0 fully saturated rings. The molecule has 0 amide bonds. The average Bonchev–Trinajstić information content (AvgIpc) is 2.88. The topological polar surface area (TPSA) is 81.7 Å². The zero-order chi connectivity index (χ0) is 13.1. The number of benzene rings is 1. The molecule has 0 atom stereocenters. The van der Waals surface area contributed by atoms with E-state index in [9.17, 15) is 0 Å². The molecule has 0 aliphatic rings. The van der Waals surface area contributed by atoms with E-state index in [1.54, 1.807) is 23.3 Å². The van der Waals surface area contributed by atoms with Gasteiger partial charge in [-0.05, 0) is 18.2 Å². The van der Waals surface area contributed by atoms with Gasteiger partial charge in [-0.1, -0.05) is 18.2 Å². The third kappa shape index (κ3) is 2.52. The Kier molecular flexibility index (Phi) is 2.82. The molecule has 0 bridgehead atoms. The molecule has 1 aromatic carbocycles. The van der Waals surface area contributed by atoms with E-state index in [1.165, 1.54) is 0 Å². The van der Waals surface area contributed by atoms with E-state index >= 15 is 0 Å². The van der Waals surface area contributed by atoms with Gasteiger partial charge in [0, 0.05) is 18.0 Å². The number of nitrogens with one attached hydrogen (secondary N) is 1. The minimum Gasteiger partial charge on any atom is -0.384 e. The number of para-hydroxylation sites is 1. The van der Waals surface area contributed by atoms with E-state index in [-0.39, 0.29) is 0 Å². The second kappa shape index (κ2) is 4.77. The Bertz CT molecular complexity index is 676. The van der Waals surface area contributed by atoms with Crippen molar-refractivity contribution in [2.45, 2.75) is 0 Å². The zero-order valence-electron chi connectivity index (χ0n) is 10.1. The van der Waals surface area contributed by atoms with Crippen molar-refractivity contribution in [1.29, 1.82) is 0 Å². The van der Waals surface area contributed by atoms with Crippen LogP contribution in [-0.4, -0.2) is 19.7 Å². The van der Waals surface area contributed by atoms with Crippen LogP contribution in [0.3, 0.4) is 0 Å². The predicted molar refractivity (Wildman–Crippen MR) is 73.3 cm³/mol. The Morgan fingerprint density at radius 3 is 2.68 bits per heavy atom. The van der Waals surface area contributed by atoms with E-state index in [2.05, 4.69) is 20.4 Å². The Morgan fingerprint density at radius 1 is 1.05 bits per heavy atom. The Balaban J connectivity index is 1.84. The van der Waals surface area contributed by atoms with E-state index in [0.29, 0.717) is 11.8 Å². The number of nitrogens with two attached hydrogens (primary N) is 1. The van der Waals surface area contributed by atoms with Crippen molar-refractivity contribution in [2.75, 3.05) is 11.1 Å². The van der Waals surface area contributed by atoms with Crippen LogP contribution in [0.1, 0.15) is 0 Å². The molecule has 0 unspecified atom stereocenters. The van der Waals surface area contributed by atoms with Crippen LogP contribution in [0.4, 0.5) is 17.5 Å². The van der Waals surface area contributed by atoms with Crippen LogP contribution in [0, 0.1) is 0 Å².